The third-order valence-corrected chi connectivity index (χ3v) is 4.44. The predicted molar refractivity (Wildman–Crippen MR) is 90.1 cm³/mol. The molecule has 0 bridgehead atoms. The topological polar surface area (TPSA) is 26.3 Å². The fraction of sp³-hybridized carbons (Fsp3) is 0.167. The highest BCUT2D eigenvalue weighted by atomic mass is 79.9. The third-order valence-electron chi connectivity index (χ3n) is 3.45. The fourth-order valence-electron chi connectivity index (χ4n) is 2.38. The number of ether oxygens (including phenoxy) is 1. The number of carbonyl (C=O) groups excluding carboxylic acids is 1. The molecule has 2 aromatic carbocycles. The van der Waals surface area contributed by atoms with Crippen molar-refractivity contribution in [3.05, 3.63) is 70.8 Å². The molecular weight excluding hydrogens is 328 g/mol. The Morgan fingerprint density at radius 3 is 2.38 bits per heavy atom. The number of hydrogen-bond donors (Lipinski definition) is 0. The van der Waals surface area contributed by atoms with E-state index in [1.165, 1.54) is 0 Å². The van der Waals surface area contributed by atoms with Gasteiger partial charge in [0.05, 0.1) is 11.9 Å². The molecule has 1 atom stereocenters. The number of benzene rings is 2. The maximum Gasteiger partial charge on any atom is 0.190 e. The molecule has 0 heterocycles. The quantitative estimate of drug-likeness (QED) is 0.563. The normalized spacial score (nSPS) is 18.3. The lowest BCUT2D eigenvalue weighted by Crippen LogP contribution is -1.96. The minimum atomic E-state index is -0.0340. The molecule has 0 spiro atoms. The largest absolute Gasteiger partial charge is 0.497 e. The number of allylic oxidation sites excluding steroid dienone is 1. The van der Waals surface area contributed by atoms with Gasteiger partial charge < -0.3 is 4.74 Å². The first kappa shape index (κ1) is 15.5. The van der Waals surface area contributed by atoms with Gasteiger partial charge in [0.25, 0.3) is 0 Å². The molecule has 0 amide bonds. The Morgan fingerprint density at radius 2 is 1.76 bits per heavy atom. The van der Waals surface area contributed by atoms with E-state index in [9.17, 15) is 4.79 Å². The Balaban J connectivity index is 0.00000161. The molecule has 0 saturated heterocycles. The summed E-state index contributed by atoms with van der Waals surface area (Å²) >= 11 is 3.62. The van der Waals surface area contributed by atoms with Crippen LogP contribution in [0.4, 0.5) is 0 Å². The number of halogens is 1. The second-order valence-corrected chi connectivity index (χ2v) is 5.57. The fourth-order valence-corrected chi connectivity index (χ4v) is 3.12. The minimum absolute atomic E-state index is 0. The van der Waals surface area contributed by atoms with Crippen LogP contribution in [-0.4, -0.2) is 12.9 Å². The van der Waals surface area contributed by atoms with Gasteiger partial charge in [-0.3, -0.25) is 4.79 Å². The van der Waals surface area contributed by atoms with E-state index >= 15 is 0 Å². The summed E-state index contributed by atoms with van der Waals surface area (Å²) < 4.78 is 5.14. The summed E-state index contributed by atoms with van der Waals surface area (Å²) in [6.07, 6.45) is 1.93. The standard InChI is InChI=1S/C17H13BrO2.CH4/c1-20-12-8-6-11(7-9-12)10-15-16(18)13-4-2-3-5-14(13)17(15)19;/h2-10,16H,1H3;1H4/b15-10+;. The molecule has 108 valence electrons. The molecule has 3 rings (SSSR count). The van der Waals surface area contributed by atoms with Crippen molar-refractivity contribution in [1.82, 2.24) is 0 Å². The van der Waals surface area contributed by atoms with Crippen LogP contribution in [0.25, 0.3) is 6.08 Å². The van der Waals surface area contributed by atoms with Crippen LogP contribution in [0.3, 0.4) is 0 Å². The number of ketones is 1. The van der Waals surface area contributed by atoms with Crippen molar-refractivity contribution in [2.45, 2.75) is 12.3 Å². The predicted octanol–water partition coefficient (Wildman–Crippen LogP) is 5.05. The number of methoxy groups -OCH3 is 1. The molecule has 21 heavy (non-hydrogen) atoms. The molecule has 2 aromatic rings. The van der Waals surface area contributed by atoms with Gasteiger partial charge in [0.2, 0.25) is 0 Å². The Morgan fingerprint density at radius 1 is 1.10 bits per heavy atom. The Labute approximate surface area is 133 Å². The lowest BCUT2D eigenvalue weighted by atomic mass is 10.1. The van der Waals surface area contributed by atoms with E-state index < -0.39 is 0 Å². The van der Waals surface area contributed by atoms with E-state index in [2.05, 4.69) is 15.9 Å². The average molecular weight is 345 g/mol. The number of hydrogen-bond acceptors (Lipinski definition) is 2. The molecular formula is C18H17BrO2. The number of fused-ring (bicyclic) bond motifs is 1. The van der Waals surface area contributed by atoms with Gasteiger partial charge in [0.1, 0.15) is 5.75 Å². The van der Waals surface area contributed by atoms with Crippen molar-refractivity contribution in [3.63, 3.8) is 0 Å². The molecule has 0 N–H and O–H groups in total. The van der Waals surface area contributed by atoms with Gasteiger partial charge in [-0.05, 0) is 29.3 Å². The van der Waals surface area contributed by atoms with Gasteiger partial charge >= 0.3 is 0 Å². The first-order valence-corrected chi connectivity index (χ1v) is 7.25. The highest BCUT2D eigenvalue weighted by Crippen LogP contribution is 2.42. The van der Waals surface area contributed by atoms with Crippen molar-refractivity contribution < 1.29 is 9.53 Å². The molecule has 3 heteroatoms. The Kier molecular flexibility index (Phi) is 4.63. The summed E-state index contributed by atoms with van der Waals surface area (Å²) in [7, 11) is 1.64. The second-order valence-electron chi connectivity index (χ2n) is 4.65. The van der Waals surface area contributed by atoms with Crippen LogP contribution in [0.1, 0.15) is 33.7 Å². The lowest BCUT2D eigenvalue weighted by molar-refractivity contribution is 0.104. The summed E-state index contributed by atoms with van der Waals surface area (Å²) in [5.41, 5.74) is 3.59. The summed E-state index contributed by atoms with van der Waals surface area (Å²) in [5.74, 6) is 0.905. The summed E-state index contributed by atoms with van der Waals surface area (Å²) in [4.78, 5) is 12.4. The average Bonchev–Trinajstić information content (AvgIpc) is 2.74. The maximum atomic E-state index is 12.4. The van der Waals surface area contributed by atoms with Crippen LogP contribution in [0.5, 0.6) is 5.75 Å². The first-order chi connectivity index (χ1) is 9.70. The van der Waals surface area contributed by atoms with Gasteiger partial charge in [-0.15, -0.1) is 0 Å². The molecule has 0 aliphatic heterocycles. The number of rotatable bonds is 2. The minimum Gasteiger partial charge on any atom is -0.497 e. The number of alkyl halides is 1. The van der Waals surface area contributed by atoms with Crippen molar-refractivity contribution in [2.75, 3.05) is 7.11 Å². The molecule has 0 fully saturated rings. The summed E-state index contributed by atoms with van der Waals surface area (Å²) in [5, 5.41) is 0. The van der Waals surface area contributed by atoms with Crippen LogP contribution in [-0.2, 0) is 0 Å². The lowest BCUT2D eigenvalue weighted by Gasteiger charge is -2.04. The zero-order valence-corrected chi connectivity index (χ0v) is 12.6. The van der Waals surface area contributed by atoms with E-state index in [1.807, 2.05) is 54.6 Å². The van der Waals surface area contributed by atoms with Crippen LogP contribution in [0.15, 0.2) is 54.1 Å². The highest BCUT2D eigenvalue weighted by molar-refractivity contribution is 9.09. The second kappa shape index (κ2) is 6.27. The monoisotopic (exact) mass is 344 g/mol. The summed E-state index contributed by atoms with van der Waals surface area (Å²) in [6, 6.07) is 15.4. The van der Waals surface area contributed by atoms with Crippen LogP contribution < -0.4 is 4.74 Å². The zero-order valence-electron chi connectivity index (χ0n) is 11.0. The van der Waals surface area contributed by atoms with Gasteiger partial charge in [0, 0.05) is 11.1 Å². The van der Waals surface area contributed by atoms with Crippen LogP contribution in [0.2, 0.25) is 0 Å². The van der Waals surface area contributed by atoms with Gasteiger partial charge in [-0.2, -0.15) is 0 Å². The first-order valence-electron chi connectivity index (χ1n) is 6.34. The van der Waals surface area contributed by atoms with Crippen LogP contribution in [0, 0.1) is 0 Å². The van der Waals surface area contributed by atoms with E-state index in [-0.39, 0.29) is 18.0 Å². The van der Waals surface area contributed by atoms with Crippen LogP contribution >= 0.6 is 15.9 Å². The zero-order chi connectivity index (χ0) is 14.1. The van der Waals surface area contributed by atoms with E-state index in [0.29, 0.717) is 0 Å². The molecule has 0 saturated carbocycles. The molecule has 1 aliphatic carbocycles. The van der Waals surface area contributed by atoms with Gasteiger partial charge in [0.15, 0.2) is 5.78 Å². The highest BCUT2D eigenvalue weighted by Gasteiger charge is 2.32. The molecule has 1 aliphatic rings. The molecule has 1 unspecified atom stereocenters. The summed E-state index contributed by atoms with van der Waals surface area (Å²) in [6.45, 7) is 0. The number of carbonyl (C=O) groups is 1. The van der Waals surface area contributed by atoms with Gasteiger partial charge in [-0.1, -0.05) is 59.8 Å². The van der Waals surface area contributed by atoms with Crippen molar-refractivity contribution >= 4 is 27.8 Å². The SMILES string of the molecule is C.COc1ccc(/C=C2/C(=O)c3ccccc3C2Br)cc1. The van der Waals surface area contributed by atoms with Gasteiger partial charge in [-0.25, -0.2) is 0 Å². The van der Waals surface area contributed by atoms with E-state index in [4.69, 9.17) is 4.74 Å². The van der Waals surface area contributed by atoms with E-state index in [0.717, 1.165) is 28.0 Å². The Hall–Kier alpha value is -1.87. The molecule has 2 nitrogen and oxygen atoms in total. The van der Waals surface area contributed by atoms with E-state index in [1.54, 1.807) is 7.11 Å². The van der Waals surface area contributed by atoms with Crippen molar-refractivity contribution in [3.8, 4) is 5.75 Å². The molecule has 0 radical (unpaired) electrons. The van der Waals surface area contributed by atoms with Crippen molar-refractivity contribution in [1.29, 1.82) is 0 Å². The smallest absolute Gasteiger partial charge is 0.190 e. The Bertz CT molecular complexity index is 687. The van der Waals surface area contributed by atoms with Crippen molar-refractivity contribution in [2.24, 2.45) is 0 Å². The number of Topliss-reactive ketones (excluding diaryl/α,β-unsaturated/α-hetero) is 1. The molecule has 0 aromatic heterocycles. The third kappa shape index (κ3) is 2.79. The maximum absolute atomic E-state index is 12.4.